The summed E-state index contributed by atoms with van der Waals surface area (Å²) in [5.74, 6) is 1.43. The number of benzene rings is 1. The number of carbonyl (C=O) groups excluding carboxylic acids is 1. The van der Waals surface area contributed by atoms with Crippen LogP contribution in [0.5, 0.6) is 11.5 Å². The second-order valence-corrected chi connectivity index (χ2v) is 11.1. The van der Waals surface area contributed by atoms with Gasteiger partial charge in [-0.3, -0.25) is 9.69 Å². The van der Waals surface area contributed by atoms with Crippen LogP contribution in [0.4, 0.5) is 0 Å². The van der Waals surface area contributed by atoms with Crippen molar-refractivity contribution < 1.29 is 24.1 Å². The summed E-state index contributed by atoms with van der Waals surface area (Å²) in [5.41, 5.74) is 2.52. The maximum absolute atomic E-state index is 12.5. The zero-order chi connectivity index (χ0) is 26.2. The molecule has 8 nitrogen and oxygen atoms in total. The van der Waals surface area contributed by atoms with Crippen molar-refractivity contribution in [2.75, 3.05) is 27.3 Å². The second kappa shape index (κ2) is 10.3. The largest absolute Gasteiger partial charge is 0.496 e. The minimum atomic E-state index is -0.954. The number of esters is 1. The number of likely N-dealkylation sites (tertiary alicyclic amines) is 1. The number of ether oxygens (including phenoxy) is 3. The predicted octanol–water partition coefficient (Wildman–Crippen LogP) is 4.56. The molecule has 9 heteroatoms. The third-order valence-electron chi connectivity index (χ3n) is 6.42. The average Bonchev–Trinajstić information content (AvgIpc) is 3.46. The van der Waals surface area contributed by atoms with Gasteiger partial charge in [0.25, 0.3) is 0 Å². The van der Waals surface area contributed by atoms with E-state index in [4.69, 9.17) is 24.2 Å². The smallest absolute Gasteiger partial charge is 0.323 e. The highest BCUT2D eigenvalue weighted by Gasteiger charge is 2.41. The molecular formula is C27H35N3O5S. The molecule has 0 radical (unpaired) electrons. The Balaban J connectivity index is 1.74. The fourth-order valence-corrected chi connectivity index (χ4v) is 5.60. The first kappa shape index (κ1) is 26.3. The summed E-state index contributed by atoms with van der Waals surface area (Å²) in [7, 11) is 3.03. The van der Waals surface area contributed by atoms with Crippen molar-refractivity contribution >= 4 is 28.2 Å². The van der Waals surface area contributed by atoms with Crippen LogP contribution >= 0.6 is 11.3 Å². The summed E-state index contributed by atoms with van der Waals surface area (Å²) in [5, 5.41) is 14.2. The summed E-state index contributed by atoms with van der Waals surface area (Å²) in [6.45, 7) is 10.5. The number of methoxy groups -OCH3 is 2. The second-order valence-electron chi connectivity index (χ2n) is 10.3. The van der Waals surface area contributed by atoms with Crippen LogP contribution < -0.4 is 9.47 Å². The number of carbonyl (C=O) groups is 1. The van der Waals surface area contributed by atoms with Crippen molar-refractivity contribution in [2.24, 2.45) is 0 Å². The van der Waals surface area contributed by atoms with E-state index in [0.717, 1.165) is 38.6 Å². The maximum atomic E-state index is 12.5. The lowest BCUT2D eigenvalue weighted by Gasteiger charge is -2.28. The van der Waals surface area contributed by atoms with Crippen LogP contribution in [0.3, 0.4) is 0 Å². The third-order valence-corrected chi connectivity index (χ3v) is 7.30. The molecule has 0 saturated carbocycles. The van der Waals surface area contributed by atoms with E-state index in [1.54, 1.807) is 32.3 Å². The highest BCUT2D eigenvalue weighted by molar-refractivity contribution is 7.13. The molecule has 36 heavy (non-hydrogen) atoms. The molecule has 3 heterocycles. The van der Waals surface area contributed by atoms with Crippen LogP contribution in [0.15, 0.2) is 23.6 Å². The fraction of sp³-hybridized carbons (Fsp3) is 0.519. The lowest BCUT2D eigenvalue weighted by atomic mass is 10.1. The number of hydrogen-bond donors (Lipinski definition) is 1. The van der Waals surface area contributed by atoms with Crippen LogP contribution in [0.2, 0.25) is 0 Å². The predicted molar refractivity (Wildman–Crippen MR) is 141 cm³/mol. The summed E-state index contributed by atoms with van der Waals surface area (Å²) >= 11 is 1.56. The molecular weight excluding hydrogens is 478 g/mol. The molecule has 1 aromatic carbocycles. The first-order valence-electron chi connectivity index (χ1n) is 12.2. The van der Waals surface area contributed by atoms with E-state index < -0.39 is 11.6 Å². The highest BCUT2D eigenvalue weighted by Crippen LogP contribution is 2.38. The number of hydrogen-bond acceptors (Lipinski definition) is 9. The standard InChI is InChI=1S/C27H35N3O5S/c1-15(2)20-13-36-25(29-20)19-11-23(18-8-9-22(33-6)16(3)24(18)28-19)35-17-10-21(26(31)34-7)30(12-17)14-27(4,5)32/h8-9,11,13,15,17,21,32H,10,12,14H2,1-7H3. The molecule has 1 aliphatic heterocycles. The van der Waals surface area contributed by atoms with Crippen LogP contribution in [0.1, 0.15) is 51.3 Å². The van der Waals surface area contributed by atoms with Gasteiger partial charge < -0.3 is 19.3 Å². The van der Waals surface area contributed by atoms with E-state index in [1.165, 1.54) is 7.11 Å². The number of aryl methyl sites for hydroxylation is 1. The van der Waals surface area contributed by atoms with Crippen molar-refractivity contribution in [1.82, 2.24) is 14.9 Å². The number of β-amino-alcohol motifs (C(OH)–C–C–N with tert-alkyl or cyclic N) is 1. The van der Waals surface area contributed by atoms with Crippen molar-refractivity contribution in [1.29, 1.82) is 0 Å². The van der Waals surface area contributed by atoms with Gasteiger partial charge in [-0.1, -0.05) is 13.8 Å². The molecule has 4 rings (SSSR count). The SMILES string of the molecule is COC(=O)C1CC(Oc2cc(-c3nc(C(C)C)cs3)nc3c(C)c(OC)ccc23)CN1CC(C)(C)O. The molecule has 2 aromatic heterocycles. The van der Waals surface area contributed by atoms with Gasteiger partial charge in [0, 0.05) is 41.9 Å². The first-order valence-corrected chi connectivity index (χ1v) is 13.0. The van der Waals surface area contributed by atoms with Gasteiger partial charge in [0.1, 0.15) is 34.3 Å². The number of aromatic nitrogens is 2. The van der Waals surface area contributed by atoms with Gasteiger partial charge in [0.15, 0.2) is 0 Å². The molecule has 3 aromatic rings. The molecule has 0 amide bonds. The van der Waals surface area contributed by atoms with Crippen LogP contribution in [-0.4, -0.2) is 71.0 Å². The van der Waals surface area contributed by atoms with Gasteiger partial charge in [0.2, 0.25) is 0 Å². The minimum absolute atomic E-state index is 0.264. The Morgan fingerprint density at radius 3 is 2.61 bits per heavy atom. The van der Waals surface area contributed by atoms with E-state index in [2.05, 4.69) is 19.2 Å². The number of pyridine rings is 1. The van der Waals surface area contributed by atoms with Crippen LogP contribution in [0.25, 0.3) is 21.6 Å². The molecule has 2 atom stereocenters. The lowest BCUT2D eigenvalue weighted by Crippen LogP contribution is -2.45. The first-order chi connectivity index (χ1) is 17.0. The fourth-order valence-electron chi connectivity index (χ4n) is 4.66. The molecule has 1 N–H and O–H groups in total. The highest BCUT2D eigenvalue weighted by atomic mass is 32.1. The molecule has 1 saturated heterocycles. The molecule has 194 valence electrons. The zero-order valence-corrected chi connectivity index (χ0v) is 22.8. The number of fused-ring (bicyclic) bond motifs is 1. The Hall–Kier alpha value is -2.75. The molecule has 0 spiro atoms. The van der Waals surface area contributed by atoms with Crippen molar-refractivity contribution in [3.05, 3.63) is 34.8 Å². The van der Waals surface area contributed by atoms with E-state index in [-0.39, 0.29) is 12.1 Å². The Bertz CT molecular complexity index is 1250. The Labute approximate surface area is 216 Å². The summed E-state index contributed by atoms with van der Waals surface area (Å²) < 4.78 is 17.2. The molecule has 0 aliphatic carbocycles. The summed E-state index contributed by atoms with van der Waals surface area (Å²) in [6.07, 6.45) is 0.200. The van der Waals surface area contributed by atoms with Gasteiger partial charge >= 0.3 is 5.97 Å². The van der Waals surface area contributed by atoms with Gasteiger partial charge in [-0.15, -0.1) is 11.3 Å². The van der Waals surface area contributed by atoms with Gasteiger partial charge in [-0.25, -0.2) is 9.97 Å². The minimum Gasteiger partial charge on any atom is -0.496 e. The zero-order valence-electron chi connectivity index (χ0n) is 22.0. The number of thiazole rings is 1. The summed E-state index contributed by atoms with van der Waals surface area (Å²) in [6, 6.07) is 5.32. The van der Waals surface area contributed by atoms with E-state index in [1.807, 2.05) is 30.0 Å². The van der Waals surface area contributed by atoms with E-state index in [0.29, 0.717) is 31.2 Å². The Kier molecular flexibility index (Phi) is 7.54. The van der Waals surface area contributed by atoms with E-state index in [9.17, 15) is 9.90 Å². The van der Waals surface area contributed by atoms with Crippen LogP contribution in [0, 0.1) is 6.92 Å². The number of rotatable bonds is 8. The number of aliphatic hydroxyl groups is 1. The monoisotopic (exact) mass is 513 g/mol. The maximum Gasteiger partial charge on any atom is 0.323 e. The Morgan fingerprint density at radius 1 is 1.25 bits per heavy atom. The van der Waals surface area contributed by atoms with Crippen LogP contribution in [-0.2, 0) is 9.53 Å². The normalized spacial score (nSPS) is 18.7. The molecule has 0 bridgehead atoms. The third kappa shape index (κ3) is 5.48. The van der Waals surface area contributed by atoms with Crippen molar-refractivity contribution in [3.8, 4) is 22.2 Å². The van der Waals surface area contributed by atoms with E-state index >= 15 is 0 Å². The molecule has 1 aliphatic rings. The van der Waals surface area contributed by atoms with Crippen molar-refractivity contribution in [3.63, 3.8) is 0 Å². The van der Waals surface area contributed by atoms with Crippen molar-refractivity contribution in [2.45, 2.75) is 64.7 Å². The quantitative estimate of drug-likeness (QED) is 0.438. The molecule has 2 unspecified atom stereocenters. The Morgan fingerprint density at radius 2 is 2.00 bits per heavy atom. The average molecular weight is 514 g/mol. The lowest BCUT2D eigenvalue weighted by molar-refractivity contribution is -0.146. The topological polar surface area (TPSA) is 94.0 Å². The summed E-state index contributed by atoms with van der Waals surface area (Å²) in [4.78, 5) is 24.2. The van der Waals surface area contributed by atoms with Gasteiger partial charge in [0.05, 0.1) is 31.0 Å². The van der Waals surface area contributed by atoms with Gasteiger partial charge in [-0.2, -0.15) is 0 Å². The number of nitrogens with zero attached hydrogens (tertiary/aromatic N) is 3. The van der Waals surface area contributed by atoms with Gasteiger partial charge in [-0.05, 0) is 38.8 Å². The molecule has 1 fully saturated rings.